The number of hydrogen-bond donors (Lipinski definition) is 2. The molecular formula is C22H30F3N3O3S. The van der Waals surface area contributed by atoms with Crippen molar-refractivity contribution in [3.05, 3.63) is 29.6 Å². The van der Waals surface area contributed by atoms with E-state index in [1.165, 1.54) is 0 Å². The zero-order chi connectivity index (χ0) is 23.1. The first kappa shape index (κ1) is 23.5. The molecule has 32 heavy (non-hydrogen) atoms. The normalized spacial score (nSPS) is 22.7. The molecule has 2 saturated carbocycles. The molecule has 178 valence electrons. The van der Waals surface area contributed by atoms with Crippen molar-refractivity contribution in [1.82, 2.24) is 9.62 Å². The predicted molar refractivity (Wildman–Crippen MR) is 115 cm³/mol. The second-order valence-corrected chi connectivity index (χ2v) is 12.2. The smallest absolute Gasteiger partial charge is 0.264 e. The molecule has 1 aliphatic heterocycles. The molecule has 3 aliphatic rings. The number of carbonyl (C=O) groups is 1. The van der Waals surface area contributed by atoms with E-state index in [1.54, 1.807) is 6.92 Å². The van der Waals surface area contributed by atoms with E-state index in [-0.39, 0.29) is 22.9 Å². The Kier molecular flexibility index (Phi) is 6.32. The lowest BCUT2D eigenvalue weighted by Gasteiger charge is -2.53. The number of hydrogen-bond acceptors (Lipinski definition) is 4. The molecule has 1 saturated heterocycles. The topological polar surface area (TPSA) is 78.5 Å². The Labute approximate surface area is 187 Å². The number of nitrogens with one attached hydrogen (secondary N) is 2. The van der Waals surface area contributed by atoms with Gasteiger partial charge >= 0.3 is 0 Å². The zero-order valence-corrected chi connectivity index (χ0v) is 19.0. The summed E-state index contributed by atoms with van der Waals surface area (Å²) in [4.78, 5) is 14.8. The monoisotopic (exact) mass is 473 g/mol. The number of anilines is 1. The van der Waals surface area contributed by atoms with Gasteiger partial charge in [0.25, 0.3) is 6.43 Å². The minimum absolute atomic E-state index is 0.0583. The van der Waals surface area contributed by atoms with Crippen LogP contribution in [-0.2, 0) is 14.8 Å². The van der Waals surface area contributed by atoms with E-state index in [1.807, 2.05) is 0 Å². The van der Waals surface area contributed by atoms with Crippen molar-refractivity contribution >= 4 is 21.6 Å². The predicted octanol–water partition coefficient (Wildman–Crippen LogP) is 3.67. The molecule has 1 amide bonds. The molecule has 0 aromatic heterocycles. The van der Waals surface area contributed by atoms with Crippen LogP contribution in [0.4, 0.5) is 18.9 Å². The molecule has 6 nitrogen and oxygen atoms in total. The van der Waals surface area contributed by atoms with E-state index in [0.29, 0.717) is 25.9 Å². The number of halogens is 3. The fraction of sp³-hybridized carbons (Fsp3) is 0.682. The lowest BCUT2D eigenvalue weighted by atomic mass is 9.65. The minimum atomic E-state index is -3.24. The summed E-state index contributed by atoms with van der Waals surface area (Å²) in [7, 11) is -3.24. The Balaban J connectivity index is 1.20. The molecule has 1 heterocycles. The van der Waals surface area contributed by atoms with Gasteiger partial charge in [-0.25, -0.2) is 26.3 Å². The molecule has 1 spiro atoms. The first-order valence-electron chi connectivity index (χ1n) is 11.1. The van der Waals surface area contributed by atoms with Crippen LogP contribution in [0.15, 0.2) is 18.2 Å². The second kappa shape index (κ2) is 8.61. The van der Waals surface area contributed by atoms with Gasteiger partial charge < -0.3 is 10.2 Å². The molecule has 3 fully saturated rings. The van der Waals surface area contributed by atoms with Crippen LogP contribution in [0.5, 0.6) is 0 Å². The summed E-state index contributed by atoms with van der Waals surface area (Å²) < 4.78 is 65.7. The zero-order valence-electron chi connectivity index (χ0n) is 18.2. The Bertz CT molecular complexity index is 966. The third-order valence-corrected chi connectivity index (χ3v) is 9.59. The molecule has 0 unspecified atom stereocenters. The highest BCUT2D eigenvalue weighted by molar-refractivity contribution is 7.91. The van der Waals surface area contributed by atoms with E-state index in [2.05, 4.69) is 14.9 Å². The number of nitrogens with zero attached hydrogens (tertiary/aromatic N) is 1. The number of alkyl halides is 2. The van der Waals surface area contributed by atoms with Gasteiger partial charge in [0.05, 0.1) is 4.75 Å². The van der Waals surface area contributed by atoms with Gasteiger partial charge in [0.15, 0.2) is 0 Å². The number of carbonyl (C=O) groups excluding carboxylic acids is 1. The van der Waals surface area contributed by atoms with Crippen LogP contribution >= 0.6 is 0 Å². The average Bonchev–Trinajstić information content (AvgIpc) is 3.46. The summed E-state index contributed by atoms with van der Waals surface area (Å²) in [5, 5.41) is 2.59. The molecule has 1 aromatic carbocycles. The summed E-state index contributed by atoms with van der Waals surface area (Å²) in [6, 6.07) is 2.93. The second-order valence-electron chi connectivity index (χ2n) is 9.90. The summed E-state index contributed by atoms with van der Waals surface area (Å²) in [6.07, 6.45) is 1.80. The maximum Gasteiger partial charge on any atom is 0.264 e. The number of likely N-dealkylation sites (tertiary alicyclic amines) is 1. The van der Waals surface area contributed by atoms with Gasteiger partial charge in [-0.3, -0.25) is 4.79 Å². The number of amides is 1. The largest absolute Gasteiger partial charge is 0.326 e. The molecule has 0 radical (unpaired) electrons. The average molecular weight is 474 g/mol. The van der Waals surface area contributed by atoms with Crippen molar-refractivity contribution in [3.63, 3.8) is 0 Å². The minimum Gasteiger partial charge on any atom is -0.326 e. The summed E-state index contributed by atoms with van der Waals surface area (Å²) in [5.41, 5.74) is -0.228. The SMILES string of the molecule is CC1(S(=O)(=O)NCCN2CC3(CCC(C(=O)Nc4cc(F)cc(C(F)F)c4)CC3)C2)CC1. The Hall–Kier alpha value is -1.65. The molecular weight excluding hydrogens is 443 g/mol. The van der Waals surface area contributed by atoms with Crippen LogP contribution in [0.1, 0.15) is 57.4 Å². The van der Waals surface area contributed by atoms with E-state index >= 15 is 0 Å². The lowest BCUT2D eigenvalue weighted by molar-refractivity contribution is -0.123. The number of rotatable bonds is 8. The Morgan fingerprint density at radius 1 is 1.16 bits per heavy atom. The van der Waals surface area contributed by atoms with Gasteiger partial charge in [-0.15, -0.1) is 0 Å². The molecule has 2 aliphatic carbocycles. The van der Waals surface area contributed by atoms with Gasteiger partial charge in [0.1, 0.15) is 5.82 Å². The molecule has 2 N–H and O–H groups in total. The fourth-order valence-electron chi connectivity index (χ4n) is 4.88. The molecule has 0 atom stereocenters. The maximum atomic E-state index is 13.6. The Morgan fingerprint density at radius 3 is 2.41 bits per heavy atom. The first-order valence-corrected chi connectivity index (χ1v) is 12.6. The molecule has 10 heteroatoms. The van der Waals surface area contributed by atoms with Gasteiger partial charge in [0, 0.05) is 43.3 Å². The van der Waals surface area contributed by atoms with Crippen molar-refractivity contribution < 1.29 is 26.4 Å². The van der Waals surface area contributed by atoms with Crippen molar-refractivity contribution in [1.29, 1.82) is 0 Å². The molecule has 4 rings (SSSR count). The van der Waals surface area contributed by atoms with Gasteiger partial charge in [0.2, 0.25) is 15.9 Å². The van der Waals surface area contributed by atoms with E-state index in [4.69, 9.17) is 0 Å². The summed E-state index contributed by atoms with van der Waals surface area (Å²) in [5.74, 6) is -1.28. The highest BCUT2D eigenvalue weighted by Crippen LogP contribution is 2.46. The highest BCUT2D eigenvalue weighted by Gasteiger charge is 2.50. The van der Waals surface area contributed by atoms with Crippen LogP contribution in [0, 0.1) is 17.2 Å². The van der Waals surface area contributed by atoms with E-state index in [0.717, 1.165) is 57.0 Å². The third kappa shape index (κ3) is 4.97. The van der Waals surface area contributed by atoms with Crippen LogP contribution in [-0.4, -0.2) is 50.2 Å². The van der Waals surface area contributed by atoms with Crippen LogP contribution in [0.3, 0.4) is 0 Å². The van der Waals surface area contributed by atoms with E-state index in [9.17, 15) is 26.4 Å². The fourth-order valence-corrected chi connectivity index (χ4v) is 6.23. The molecule has 0 bridgehead atoms. The standard InChI is InChI=1S/C22H30F3N3O3S/c1-21(6-7-21)32(30,31)26-8-9-28-13-22(14-28)4-2-15(3-5-22)20(29)27-18-11-16(19(24)25)10-17(23)12-18/h10-12,15,19,26H,2-9,13-14H2,1H3,(H,27,29). The van der Waals surface area contributed by atoms with Crippen LogP contribution in [0.25, 0.3) is 0 Å². The lowest BCUT2D eigenvalue weighted by Crippen LogP contribution is -2.59. The van der Waals surface area contributed by atoms with Crippen LogP contribution in [0.2, 0.25) is 0 Å². The Morgan fingerprint density at radius 2 is 1.81 bits per heavy atom. The quantitative estimate of drug-likeness (QED) is 0.604. The van der Waals surface area contributed by atoms with Crippen molar-refractivity contribution in [2.75, 3.05) is 31.5 Å². The van der Waals surface area contributed by atoms with Gasteiger partial charge in [-0.2, -0.15) is 0 Å². The number of benzene rings is 1. The third-order valence-electron chi connectivity index (χ3n) is 7.30. The maximum absolute atomic E-state index is 13.6. The summed E-state index contributed by atoms with van der Waals surface area (Å²) >= 11 is 0. The molecule has 1 aromatic rings. The number of sulfonamides is 1. The highest BCUT2D eigenvalue weighted by atomic mass is 32.2. The van der Waals surface area contributed by atoms with Crippen molar-refractivity contribution in [2.45, 2.75) is 56.6 Å². The summed E-state index contributed by atoms with van der Waals surface area (Å²) in [6.45, 7) is 4.64. The van der Waals surface area contributed by atoms with Gasteiger partial charge in [-0.1, -0.05) is 0 Å². The first-order chi connectivity index (χ1) is 15.0. The van der Waals surface area contributed by atoms with E-state index < -0.39 is 32.6 Å². The van der Waals surface area contributed by atoms with Crippen LogP contribution < -0.4 is 10.0 Å². The van der Waals surface area contributed by atoms with Crippen molar-refractivity contribution in [2.24, 2.45) is 11.3 Å². The van der Waals surface area contributed by atoms with Crippen molar-refractivity contribution in [3.8, 4) is 0 Å². The van der Waals surface area contributed by atoms with Gasteiger partial charge in [-0.05, 0) is 69.1 Å².